The number of nitrogens with zero attached hydrogens (tertiary/aromatic N) is 3. The molecule has 148 valence electrons. The standard InChI is InChI=1S/C21H14N4O5/c26-18(22-12-4-6-16-17(9-12)24-21(29)23-16)11-3-5-14-15(8-11)20(28)25(19(14)27)10-13-2-1-7-30-13/h1-9,27-28H,10H2,(H,22,26). The number of anilines is 1. The van der Waals surface area contributed by atoms with E-state index in [-0.39, 0.29) is 23.9 Å². The summed E-state index contributed by atoms with van der Waals surface area (Å²) >= 11 is 0. The number of aromatic nitrogens is 1. The fraction of sp³-hybridized carbons (Fsp3) is 0.0476. The van der Waals surface area contributed by atoms with Crippen LogP contribution in [0.1, 0.15) is 16.1 Å². The smallest absolute Gasteiger partial charge is 0.368 e. The number of carbonyl (C=O) groups is 2. The number of fused-ring (bicyclic) bond motifs is 2. The zero-order valence-electron chi connectivity index (χ0n) is 15.4. The van der Waals surface area contributed by atoms with Crippen LogP contribution < -0.4 is 16.0 Å². The molecule has 0 saturated carbocycles. The van der Waals surface area contributed by atoms with E-state index in [4.69, 9.17) is 4.42 Å². The Labute approximate surface area is 168 Å². The molecule has 0 bridgehead atoms. The van der Waals surface area contributed by atoms with Crippen LogP contribution in [-0.2, 0) is 6.54 Å². The molecule has 0 unspecified atom stereocenters. The van der Waals surface area contributed by atoms with Crippen molar-refractivity contribution in [3.05, 3.63) is 76.8 Å². The molecule has 5 rings (SSSR count). The summed E-state index contributed by atoms with van der Waals surface area (Å²) in [7, 11) is 0. The lowest BCUT2D eigenvalue weighted by atomic mass is 10.1. The average Bonchev–Trinajstić information content (AvgIpc) is 3.43. The predicted molar refractivity (Wildman–Crippen MR) is 105 cm³/mol. The summed E-state index contributed by atoms with van der Waals surface area (Å²) < 4.78 is 6.57. The molecule has 0 saturated heterocycles. The topological polar surface area (TPSA) is 129 Å². The molecule has 3 heterocycles. The average molecular weight is 402 g/mol. The van der Waals surface area contributed by atoms with Crippen LogP contribution in [-0.4, -0.2) is 26.7 Å². The van der Waals surface area contributed by atoms with Crippen LogP contribution in [0.4, 0.5) is 10.5 Å². The normalized spacial score (nSPS) is 12.5. The van der Waals surface area contributed by atoms with Crippen LogP contribution in [0.5, 0.6) is 11.8 Å². The molecule has 0 atom stereocenters. The van der Waals surface area contributed by atoms with Crippen molar-refractivity contribution in [1.82, 2.24) is 4.57 Å². The van der Waals surface area contributed by atoms with Crippen molar-refractivity contribution in [1.29, 1.82) is 0 Å². The molecule has 2 aromatic heterocycles. The summed E-state index contributed by atoms with van der Waals surface area (Å²) in [6, 6.07) is 12.2. The Balaban J connectivity index is 1.46. The SMILES string of the molecule is O=C1N=c2ccc(NC(=O)c3ccc4c(O)n(Cc5ccco5)c(O)c4c3)cc2=N1. The highest BCUT2D eigenvalue weighted by Gasteiger charge is 2.19. The van der Waals surface area contributed by atoms with Gasteiger partial charge < -0.3 is 19.9 Å². The number of furan rings is 1. The molecule has 0 fully saturated rings. The molecule has 3 amide bonds. The lowest BCUT2D eigenvalue weighted by Gasteiger charge is -2.05. The van der Waals surface area contributed by atoms with Gasteiger partial charge in [0.25, 0.3) is 5.91 Å². The maximum atomic E-state index is 12.7. The van der Waals surface area contributed by atoms with Crippen LogP contribution >= 0.6 is 0 Å². The molecule has 0 aliphatic carbocycles. The third kappa shape index (κ3) is 2.89. The second-order valence-electron chi connectivity index (χ2n) is 6.74. The fourth-order valence-electron chi connectivity index (χ4n) is 3.38. The molecule has 1 aliphatic heterocycles. The van der Waals surface area contributed by atoms with E-state index in [1.807, 2.05) is 0 Å². The Kier molecular flexibility index (Phi) is 3.88. The number of rotatable bonds is 4. The predicted octanol–water partition coefficient (Wildman–Crippen LogP) is 2.32. The number of carbonyl (C=O) groups excluding carboxylic acids is 2. The largest absolute Gasteiger partial charge is 0.494 e. The molecule has 30 heavy (non-hydrogen) atoms. The molecule has 0 radical (unpaired) electrons. The second kappa shape index (κ2) is 6.59. The van der Waals surface area contributed by atoms with Crippen molar-refractivity contribution in [2.75, 3.05) is 5.32 Å². The zero-order chi connectivity index (χ0) is 20.8. The van der Waals surface area contributed by atoms with Gasteiger partial charge in [-0.15, -0.1) is 0 Å². The van der Waals surface area contributed by atoms with Crippen LogP contribution in [0.25, 0.3) is 10.8 Å². The number of aromatic hydroxyl groups is 2. The first-order valence-electron chi connectivity index (χ1n) is 8.99. The minimum Gasteiger partial charge on any atom is -0.494 e. The minimum atomic E-state index is -0.576. The second-order valence-corrected chi connectivity index (χ2v) is 6.74. The summed E-state index contributed by atoms with van der Waals surface area (Å²) in [6.45, 7) is 0.142. The van der Waals surface area contributed by atoms with Crippen molar-refractivity contribution >= 4 is 28.4 Å². The third-order valence-electron chi connectivity index (χ3n) is 4.83. The van der Waals surface area contributed by atoms with Gasteiger partial charge in [0.05, 0.1) is 23.5 Å². The number of urea groups is 1. The van der Waals surface area contributed by atoms with Gasteiger partial charge >= 0.3 is 6.03 Å². The first kappa shape index (κ1) is 17.7. The molecule has 9 heteroatoms. The van der Waals surface area contributed by atoms with Gasteiger partial charge in [-0.2, -0.15) is 9.98 Å². The van der Waals surface area contributed by atoms with Crippen molar-refractivity contribution in [3.63, 3.8) is 0 Å². The van der Waals surface area contributed by atoms with Crippen molar-refractivity contribution in [2.45, 2.75) is 6.54 Å². The molecule has 3 N–H and O–H groups in total. The van der Waals surface area contributed by atoms with E-state index in [0.29, 0.717) is 32.9 Å². The molecule has 2 aromatic carbocycles. The molecule has 1 aliphatic rings. The van der Waals surface area contributed by atoms with Crippen LogP contribution in [0, 0.1) is 0 Å². The summed E-state index contributed by atoms with van der Waals surface area (Å²) in [5.74, 6) is -0.161. The Bertz CT molecular complexity index is 1450. The number of nitrogens with one attached hydrogen (secondary N) is 1. The van der Waals surface area contributed by atoms with Crippen molar-refractivity contribution < 1.29 is 24.2 Å². The van der Waals surface area contributed by atoms with Crippen molar-refractivity contribution in [2.24, 2.45) is 9.98 Å². The van der Waals surface area contributed by atoms with Crippen molar-refractivity contribution in [3.8, 4) is 11.8 Å². The molecule has 0 spiro atoms. The number of hydrogen-bond donors (Lipinski definition) is 3. The summed E-state index contributed by atoms with van der Waals surface area (Å²) in [5, 5.41) is 25.3. The van der Waals surface area contributed by atoms with E-state index in [9.17, 15) is 19.8 Å². The van der Waals surface area contributed by atoms with Gasteiger partial charge in [0.1, 0.15) is 5.76 Å². The summed E-state index contributed by atoms with van der Waals surface area (Å²) in [6.07, 6.45) is 1.51. The van der Waals surface area contributed by atoms with Gasteiger partial charge in [0.2, 0.25) is 11.8 Å². The van der Waals surface area contributed by atoms with Gasteiger partial charge in [-0.05, 0) is 48.5 Å². The van der Waals surface area contributed by atoms with Gasteiger partial charge in [0, 0.05) is 22.0 Å². The van der Waals surface area contributed by atoms with E-state index in [2.05, 4.69) is 15.3 Å². The highest BCUT2D eigenvalue weighted by molar-refractivity contribution is 6.07. The number of benzene rings is 2. The summed E-state index contributed by atoms with van der Waals surface area (Å²) in [5.41, 5.74) is 0.737. The van der Waals surface area contributed by atoms with E-state index in [1.54, 1.807) is 42.5 Å². The highest BCUT2D eigenvalue weighted by atomic mass is 16.3. The zero-order valence-corrected chi connectivity index (χ0v) is 15.4. The Hall–Kier alpha value is -4.40. The van der Waals surface area contributed by atoms with Gasteiger partial charge in [-0.25, -0.2) is 4.79 Å². The van der Waals surface area contributed by atoms with Gasteiger partial charge in [0.15, 0.2) is 0 Å². The molecular weight excluding hydrogens is 388 g/mol. The Morgan fingerprint density at radius 3 is 2.60 bits per heavy atom. The van der Waals surface area contributed by atoms with Crippen LogP contribution in [0.3, 0.4) is 0 Å². The molecule has 4 aromatic rings. The first-order valence-corrected chi connectivity index (χ1v) is 8.99. The fourth-order valence-corrected chi connectivity index (χ4v) is 3.38. The van der Waals surface area contributed by atoms with Crippen LogP contribution in [0.15, 0.2) is 69.2 Å². The maximum Gasteiger partial charge on any atom is 0.368 e. The number of hydrogen-bond acceptors (Lipinski definition) is 5. The number of amides is 3. The lowest BCUT2D eigenvalue weighted by Crippen LogP contribution is -2.22. The first-order chi connectivity index (χ1) is 14.5. The van der Waals surface area contributed by atoms with E-state index < -0.39 is 11.9 Å². The third-order valence-corrected chi connectivity index (χ3v) is 4.83. The summed E-state index contributed by atoms with van der Waals surface area (Å²) in [4.78, 5) is 31.4. The maximum absolute atomic E-state index is 12.7. The highest BCUT2D eigenvalue weighted by Crippen LogP contribution is 2.37. The van der Waals surface area contributed by atoms with Gasteiger partial charge in [-0.1, -0.05) is 0 Å². The molecular formula is C21H14N4O5. The van der Waals surface area contributed by atoms with Crippen LogP contribution in [0.2, 0.25) is 0 Å². The van der Waals surface area contributed by atoms with E-state index >= 15 is 0 Å². The van der Waals surface area contributed by atoms with E-state index in [1.165, 1.54) is 16.9 Å². The Morgan fingerprint density at radius 2 is 1.80 bits per heavy atom. The Morgan fingerprint density at radius 1 is 1.00 bits per heavy atom. The van der Waals surface area contributed by atoms with Gasteiger partial charge in [-0.3, -0.25) is 9.36 Å². The monoisotopic (exact) mass is 402 g/mol. The molecule has 9 nitrogen and oxygen atoms in total. The quantitative estimate of drug-likeness (QED) is 0.482. The lowest BCUT2D eigenvalue weighted by molar-refractivity contribution is 0.102. The minimum absolute atomic E-state index is 0.125. The van der Waals surface area contributed by atoms with E-state index in [0.717, 1.165) is 0 Å².